The van der Waals surface area contributed by atoms with Crippen LogP contribution in [0, 0.1) is 15.9 Å². The first-order valence-electron chi connectivity index (χ1n) is 11.0. The summed E-state index contributed by atoms with van der Waals surface area (Å²) in [6, 6.07) is 20.6. The monoisotopic (exact) mass is 460 g/mol. The van der Waals surface area contributed by atoms with Crippen LogP contribution in [0.3, 0.4) is 0 Å². The molecular weight excluding hydrogens is 435 g/mol. The smallest absolute Gasteiger partial charge is 0.270 e. The Labute approximate surface area is 197 Å². The summed E-state index contributed by atoms with van der Waals surface area (Å²) in [6.45, 7) is 3.97. The molecule has 1 aliphatic heterocycles. The molecule has 0 bridgehead atoms. The first kappa shape index (κ1) is 23.1. The van der Waals surface area contributed by atoms with E-state index < -0.39 is 4.92 Å². The number of rotatable bonds is 7. The maximum absolute atomic E-state index is 13.9. The highest BCUT2D eigenvalue weighted by molar-refractivity contribution is 6.02. The van der Waals surface area contributed by atoms with Crippen molar-refractivity contribution in [1.29, 1.82) is 0 Å². The fraction of sp³-hybridized carbons (Fsp3) is 0.192. The van der Waals surface area contributed by atoms with E-state index in [0.29, 0.717) is 17.8 Å². The standard InChI is InChI=1S/C26H25FN4O3/c27-25-7-2-1-5-21(25)19-29-14-16-30(17-15-29)23-11-9-22(10-12-23)28-26(32)13-8-20-4-3-6-24(18-20)31(33)34/h1-13,18H,14-17,19H2,(H,28,32). The number of carbonyl (C=O) groups excluding carboxylic acids is 1. The first-order chi connectivity index (χ1) is 16.5. The molecule has 1 N–H and O–H groups in total. The number of anilines is 2. The van der Waals surface area contributed by atoms with Gasteiger partial charge in [0.2, 0.25) is 5.91 Å². The van der Waals surface area contributed by atoms with Gasteiger partial charge in [0.05, 0.1) is 4.92 Å². The third-order valence-electron chi connectivity index (χ3n) is 5.73. The van der Waals surface area contributed by atoms with Gasteiger partial charge in [0.15, 0.2) is 0 Å². The molecule has 1 saturated heterocycles. The lowest BCUT2D eigenvalue weighted by Crippen LogP contribution is -2.46. The molecule has 1 amide bonds. The third kappa shape index (κ3) is 6.05. The van der Waals surface area contributed by atoms with Crippen LogP contribution in [0.1, 0.15) is 11.1 Å². The number of hydrogen-bond donors (Lipinski definition) is 1. The number of amides is 1. The number of non-ortho nitro benzene ring substituents is 1. The molecule has 0 saturated carbocycles. The van der Waals surface area contributed by atoms with Gasteiger partial charge in [0, 0.05) is 67.9 Å². The maximum atomic E-state index is 13.9. The molecule has 0 spiro atoms. The van der Waals surface area contributed by atoms with Gasteiger partial charge in [0.1, 0.15) is 5.82 Å². The van der Waals surface area contributed by atoms with Crippen molar-refractivity contribution in [2.75, 3.05) is 36.4 Å². The van der Waals surface area contributed by atoms with Gasteiger partial charge in [-0.05, 0) is 42.0 Å². The highest BCUT2D eigenvalue weighted by Gasteiger charge is 2.18. The van der Waals surface area contributed by atoms with Crippen LogP contribution in [0.5, 0.6) is 0 Å². The summed E-state index contributed by atoms with van der Waals surface area (Å²) in [4.78, 5) is 27.1. The molecule has 4 rings (SSSR count). The van der Waals surface area contributed by atoms with Gasteiger partial charge in [-0.2, -0.15) is 0 Å². The highest BCUT2D eigenvalue weighted by atomic mass is 19.1. The number of piperazine rings is 1. The van der Waals surface area contributed by atoms with E-state index in [0.717, 1.165) is 37.4 Å². The minimum absolute atomic E-state index is 0.0220. The van der Waals surface area contributed by atoms with Crippen molar-refractivity contribution in [3.8, 4) is 0 Å². The number of carbonyl (C=O) groups is 1. The van der Waals surface area contributed by atoms with E-state index in [1.54, 1.807) is 18.2 Å². The number of halogens is 1. The Bertz CT molecular complexity index is 1190. The van der Waals surface area contributed by atoms with Gasteiger partial charge in [-0.3, -0.25) is 19.8 Å². The fourth-order valence-electron chi connectivity index (χ4n) is 3.89. The molecule has 0 atom stereocenters. The summed E-state index contributed by atoms with van der Waals surface area (Å²) >= 11 is 0. The summed E-state index contributed by atoms with van der Waals surface area (Å²) in [5.41, 5.74) is 3.00. The number of nitrogens with one attached hydrogen (secondary N) is 1. The van der Waals surface area contributed by atoms with Crippen LogP contribution >= 0.6 is 0 Å². The van der Waals surface area contributed by atoms with E-state index in [9.17, 15) is 19.3 Å². The van der Waals surface area contributed by atoms with Gasteiger partial charge >= 0.3 is 0 Å². The summed E-state index contributed by atoms with van der Waals surface area (Å²) in [5.74, 6) is -0.483. The number of benzene rings is 3. The van der Waals surface area contributed by atoms with Crippen LogP contribution in [0.2, 0.25) is 0 Å². The number of nitrogens with zero attached hydrogens (tertiary/aromatic N) is 3. The van der Waals surface area contributed by atoms with Gasteiger partial charge in [0.25, 0.3) is 5.69 Å². The number of nitro benzene ring substituents is 1. The SMILES string of the molecule is O=C(C=Cc1cccc([N+](=O)[O-])c1)Nc1ccc(N2CCN(Cc3ccccc3F)CC2)cc1. The molecule has 0 radical (unpaired) electrons. The second kappa shape index (κ2) is 10.7. The largest absolute Gasteiger partial charge is 0.369 e. The molecular formula is C26H25FN4O3. The van der Waals surface area contributed by atoms with E-state index in [4.69, 9.17) is 0 Å². The molecule has 3 aromatic carbocycles. The zero-order chi connectivity index (χ0) is 23.9. The van der Waals surface area contributed by atoms with Crippen molar-refractivity contribution in [2.45, 2.75) is 6.54 Å². The van der Waals surface area contributed by atoms with Gasteiger partial charge in [-0.15, -0.1) is 0 Å². The van der Waals surface area contributed by atoms with Crippen molar-refractivity contribution < 1.29 is 14.1 Å². The molecule has 1 aliphatic rings. The molecule has 7 nitrogen and oxygen atoms in total. The predicted octanol–water partition coefficient (Wildman–Crippen LogP) is 4.71. The first-order valence-corrected chi connectivity index (χ1v) is 11.0. The maximum Gasteiger partial charge on any atom is 0.270 e. The lowest BCUT2D eigenvalue weighted by molar-refractivity contribution is -0.384. The van der Waals surface area contributed by atoms with Crippen molar-refractivity contribution >= 4 is 29.0 Å². The quantitative estimate of drug-likeness (QED) is 0.314. The van der Waals surface area contributed by atoms with Gasteiger partial charge < -0.3 is 10.2 Å². The summed E-state index contributed by atoms with van der Waals surface area (Å²) < 4.78 is 13.9. The predicted molar refractivity (Wildman–Crippen MR) is 131 cm³/mol. The van der Waals surface area contributed by atoms with E-state index in [1.165, 1.54) is 30.4 Å². The van der Waals surface area contributed by atoms with E-state index in [1.807, 2.05) is 36.4 Å². The lowest BCUT2D eigenvalue weighted by Gasteiger charge is -2.36. The van der Waals surface area contributed by atoms with Gasteiger partial charge in [-0.1, -0.05) is 30.3 Å². The van der Waals surface area contributed by atoms with Crippen LogP contribution in [-0.4, -0.2) is 41.9 Å². The van der Waals surface area contributed by atoms with Crippen LogP contribution in [0.25, 0.3) is 6.08 Å². The molecule has 34 heavy (non-hydrogen) atoms. The summed E-state index contributed by atoms with van der Waals surface area (Å²) in [5, 5.41) is 13.7. The normalized spacial score (nSPS) is 14.3. The van der Waals surface area contributed by atoms with Gasteiger partial charge in [-0.25, -0.2) is 4.39 Å². The average molecular weight is 461 g/mol. The Morgan fingerprint density at radius 1 is 1.00 bits per heavy atom. The molecule has 0 aromatic heterocycles. The fourth-order valence-corrected chi connectivity index (χ4v) is 3.89. The average Bonchev–Trinajstić information content (AvgIpc) is 2.85. The molecule has 1 heterocycles. The molecule has 8 heteroatoms. The summed E-state index contributed by atoms with van der Waals surface area (Å²) in [7, 11) is 0. The molecule has 174 valence electrons. The Morgan fingerprint density at radius 3 is 2.44 bits per heavy atom. The van der Waals surface area contributed by atoms with Crippen molar-refractivity contribution in [2.24, 2.45) is 0 Å². The third-order valence-corrected chi connectivity index (χ3v) is 5.73. The second-order valence-electron chi connectivity index (χ2n) is 8.08. The molecule has 0 aliphatic carbocycles. The van der Waals surface area contributed by atoms with Crippen LogP contribution in [-0.2, 0) is 11.3 Å². The van der Waals surface area contributed by atoms with Crippen molar-refractivity contribution in [1.82, 2.24) is 4.90 Å². The van der Waals surface area contributed by atoms with E-state index in [2.05, 4.69) is 15.1 Å². The minimum Gasteiger partial charge on any atom is -0.369 e. The highest BCUT2D eigenvalue weighted by Crippen LogP contribution is 2.21. The second-order valence-corrected chi connectivity index (χ2v) is 8.08. The van der Waals surface area contributed by atoms with E-state index >= 15 is 0 Å². The zero-order valence-corrected chi connectivity index (χ0v) is 18.6. The zero-order valence-electron chi connectivity index (χ0n) is 18.6. The van der Waals surface area contributed by atoms with Crippen LogP contribution < -0.4 is 10.2 Å². The van der Waals surface area contributed by atoms with Crippen molar-refractivity contribution in [3.63, 3.8) is 0 Å². The molecule has 1 fully saturated rings. The van der Waals surface area contributed by atoms with Crippen LogP contribution in [0.15, 0.2) is 78.9 Å². The Kier molecular flexibility index (Phi) is 7.29. The topological polar surface area (TPSA) is 78.7 Å². The Morgan fingerprint density at radius 2 is 1.74 bits per heavy atom. The van der Waals surface area contributed by atoms with Crippen molar-refractivity contribution in [3.05, 3.63) is 106 Å². The Balaban J connectivity index is 1.28. The molecule has 0 unspecified atom stereocenters. The van der Waals surface area contributed by atoms with E-state index in [-0.39, 0.29) is 17.4 Å². The molecule has 3 aromatic rings. The Hall–Kier alpha value is -4.04. The number of hydrogen-bond acceptors (Lipinski definition) is 5. The lowest BCUT2D eigenvalue weighted by atomic mass is 10.1. The summed E-state index contributed by atoms with van der Waals surface area (Å²) in [6.07, 6.45) is 2.89. The van der Waals surface area contributed by atoms with Crippen LogP contribution in [0.4, 0.5) is 21.5 Å². The minimum atomic E-state index is -0.470. The number of nitro groups is 1.